The second-order valence-electron chi connectivity index (χ2n) is 4.56. The number of hydrogen-bond donors (Lipinski definition) is 0. The monoisotopic (exact) mass is 233 g/mol. The predicted octanol–water partition coefficient (Wildman–Crippen LogP) is 2.24. The molecular weight excluding hydrogens is 214 g/mol. The van der Waals surface area contributed by atoms with Crippen LogP contribution in [0.3, 0.4) is 0 Å². The summed E-state index contributed by atoms with van der Waals surface area (Å²) in [5, 5.41) is 0. The van der Waals surface area contributed by atoms with Gasteiger partial charge in [-0.3, -0.25) is 4.79 Å². The number of rotatable bonds is 4. The summed E-state index contributed by atoms with van der Waals surface area (Å²) in [6, 6.07) is 10.3. The summed E-state index contributed by atoms with van der Waals surface area (Å²) in [5.41, 5.74) is 1.19. The lowest BCUT2D eigenvalue weighted by Gasteiger charge is -2.25. The smallest absolute Gasteiger partial charge is 0.228 e. The minimum Gasteiger partial charge on any atom is -0.384 e. The van der Waals surface area contributed by atoms with Gasteiger partial charge in [-0.05, 0) is 18.9 Å². The van der Waals surface area contributed by atoms with Crippen LogP contribution in [-0.4, -0.2) is 31.1 Å². The van der Waals surface area contributed by atoms with Gasteiger partial charge in [-0.1, -0.05) is 30.3 Å². The highest BCUT2D eigenvalue weighted by Gasteiger charge is 2.34. The highest BCUT2D eigenvalue weighted by atomic mass is 16.5. The lowest BCUT2D eigenvalue weighted by Crippen LogP contribution is -2.31. The number of amides is 1. The third-order valence-corrected chi connectivity index (χ3v) is 3.47. The summed E-state index contributed by atoms with van der Waals surface area (Å²) in [7, 11) is 1.65. The standard InChI is InChI=1S/C14H19NO2/c1-11(12-6-4-3-5-7-12)15-9-8-13(10-17-2)14(15)16/h3-7,11,13H,8-10H2,1-2H3/t11-,13?/m1/s1. The Morgan fingerprint density at radius 1 is 1.41 bits per heavy atom. The van der Waals surface area contributed by atoms with Crippen molar-refractivity contribution in [3.63, 3.8) is 0 Å². The molecule has 92 valence electrons. The SMILES string of the molecule is COCC1CCN([C@H](C)c2ccccc2)C1=O. The molecule has 0 aromatic heterocycles. The summed E-state index contributed by atoms with van der Waals surface area (Å²) in [6.45, 7) is 3.46. The van der Waals surface area contributed by atoms with Crippen molar-refractivity contribution >= 4 is 5.91 Å². The second kappa shape index (κ2) is 5.32. The number of ether oxygens (including phenoxy) is 1. The van der Waals surface area contributed by atoms with Gasteiger partial charge in [0.2, 0.25) is 5.91 Å². The van der Waals surface area contributed by atoms with Gasteiger partial charge in [0.1, 0.15) is 0 Å². The highest BCUT2D eigenvalue weighted by Crippen LogP contribution is 2.28. The van der Waals surface area contributed by atoms with Crippen LogP contribution in [0, 0.1) is 5.92 Å². The average molecular weight is 233 g/mol. The first kappa shape index (κ1) is 12.1. The molecule has 1 fully saturated rings. The van der Waals surface area contributed by atoms with E-state index in [1.54, 1.807) is 7.11 Å². The van der Waals surface area contributed by atoms with Gasteiger partial charge in [-0.2, -0.15) is 0 Å². The topological polar surface area (TPSA) is 29.5 Å². The molecule has 3 heteroatoms. The van der Waals surface area contributed by atoms with E-state index in [9.17, 15) is 4.79 Å². The molecule has 1 aromatic rings. The van der Waals surface area contributed by atoms with Crippen molar-refractivity contribution in [1.29, 1.82) is 0 Å². The highest BCUT2D eigenvalue weighted by molar-refractivity contribution is 5.81. The summed E-state index contributed by atoms with van der Waals surface area (Å²) in [6.07, 6.45) is 0.907. The number of likely N-dealkylation sites (tertiary alicyclic amines) is 1. The van der Waals surface area contributed by atoms with Crippen LogP contribution in [0.2, 0.25) is 0 Å². The molecule has 1 amide bonds. The molecule has 0 N–H and O–H groups in total. The van der Waals surface area contributed by atoms with E-state index >= 15 is 0 Å². The molecule has 2 atom stereocenters. The molecule has 1 saturated heterocycles. The zero-order chi connectivity index (χ0) is 12.3. The normalized spacial score (nSPS) is 21.9. The van der Waals surface area contributed by atoms with Crippen molar-refractivity contribution in [3.05, 3.63) is 35.9 Å². The van der Waals surface area contributed by atoms with Crippen LogP contribution in [0.25, 0.3) is 0 Å². The number of hydrogen-bond acceptors (Lipinski definition) is 2. The van der Waals surface area contributed by atoms with Crippen molar-refractivity contribution in [2.45, 2.75) is 19.4 Å². The van der Waals surface area contributed by atoms with Gasteiger partial charge in [-0.15, -0.1) is 0 Å². The number of carbonyl (C=O) groups excluding carboxylic acids is 1. The van der Waals surface area contributed by atoms with E-state index in [0.29, 0.717) is 6.61 Å². The molecule has 0 radical (unpaired) electrons. The van der Waals surface area contributed by atoms with Gasteiger partial charge in [0.05, 0.1) is 18.6 Å². The van der Waals surface area contributed by atoms with Crippen LogP contribution in [0.15, 0.2) is 30.3 Å². The van der Waals surface area contributed by atoms with Gasteiger partial charge in [0, 0.05) is 13.7 Å². The van der Waals surface area contributed by atoms with E-state index in [0.717, 1.165) is 13.0 Å². The maximum absolute atomic E-state index is 12.2. The third kappa shape index (κ3) is 2.50. The van der Waals surface area contributed by atoms with E-state index in [1.165, 1.54) is 5.56 Å². The van der Waals surface area contributed by atoms with Crippen molar-refractivity contribution in [3.8, 4) is 0 Å². The minimum absolute atomic E-state index is 0.0474. The van der Waals surface area contributed by atoms with E-state index in [1.807, 2.05) is 23.1 Å². The fourth-order valence-electron chi connectivity index (χ4n) is 2.41. The largest absolute Gasteiger partial charge is 0.384 e. The zero-order valence-corrected chi connectivity index (χ0v) is 10.4. The fraction of sp³-hybridized carbons (Fsp3) is 0.500. The maximum Gasteiger partial charge on any atom is 0.228 e. The van der Waals surface area contributed by atoms with Gasteiger partial charge in [0.25, 0.3) is 0 Å². The minimum atomic E-state index is 0.0474. The Kier molecular flexibility index (Phi) is 3.79. The van der Waals surface area contributed by atoms with E-state index in [2.05, 4.69) is 19.1 Å². The number of nitrogens with zero attached hydrogens (tertiary/aromatic N) is 1. The first-order valence-corrected chi connectivity index (χ1v) is 6.08. The van der Waals surface area contributed by atoms with Crippen molar-refractivity contribution in [2.75, 3.05) is 20.3 Å². The molecule has 1 aliphatic heterocycles. The van der Waals surface area contributed by atoms with E-state index in [-0.39, 0.29) is 17.9 Å². The lowest BCUT2D eigenvalue weighted by atomic mass is 10.1. The number of carbonyl (C=O) groups is 1. The Morgan fingerprint density at radius 2 is 2.12 bits per heavy atom. The first-order valence-electron chi connectivity index (χ1n) is 6.08. The number of benzene rings is 1. The van der Waals surface area contributed by atoms with Crippen molar-refractivity contribution in [2.24, 2.45) is 5.92 Å². The zero-order valence-electron chi connectivity index (χ0n) is 10.4. The lowest BCUT2D eigenvalue weighted by molar-refractivity contribution is -0.134. The van der Waals surface area contributed by atoms with Crippen LogP contribution >= 0.6 is 0 Å². The molecule has 1 heterocycles. The van der Waals surface area contributed by atoms with Gasteiger partial charge >= 0.3 is 0 Å². The predicted molar refractivity (Wildman–Crippen MR) is 66.6 cm³/mol. The van der Waals surface area contributed by atoms with Crippen molar-refractivity contribution in [1.82, 2.24) is 4.90 Å². The Bertz CT molecular complexity index is 377. The molecule has 0 aliphatic carbocycles. The second-order valence-corrected chi connectivity index (χ2v) is 4.56. The summed E-state index contributed by atoms with van der Waals surface area (Å²) >= 11 is 0. The first-order chi connectivity index (χ1) is 8.24. The molecule has 0 bridgehead atoms. The Morgan fingerprint density at radius 3 is 2.76 bits per heavy atom. The molecule has 2 rings (SSSR count). The molecule has 0 spiro atoms. The average Bonchev–Trinajstić information content (AvgIpc) is 2.72. The Balaban J connectivity index is 2.07. The molecule has 17 heavy (non-hydrogen) atoms. The summed E-state index contributed by atoms with van der Waals surface area (Å²) < 4.78 is 5.08. The maximum atomic E-state index is 12.2. The van der Waals surface area contributed by atoms with E-state index < -0.39 is 0 Å². The van der Waals surface area contributed by atoms with E-state index in [4.69, 9.17) is 4.74 Å². The van der Waals surface area contributed by atoms with Crippen LogP contribution in [0.4, 0.5) is 0 Å². The Hall–Kier alpha value is -1.35. The summed E-state index contributed by atoms with van der Waals surface area (Å²) in [5.74, 6) is 0.273. The summed E-state index contributed by atoms with van der Waals surface area (Å²) in [4.78, 5) is 14.1. The number of methoxy groups -OCH3 is 1. The molecule has 0 saturated carbocycles. The fourth-order valence-corrected chi connectivity index (χ4v) is 2.41. The molecule has 1 aromatic carbocycles. The van der Waals surface area contributed by atoms with Gasteiger partial charge in [-0.25, -0.2) is 0 Å². The van der Waals surface area contributed by atoms with Gasteiger partial charge in [0.15, 0.2) is 0 Å². The quantitative estimate of drug-likeness (QED) is 0.798. The Labute approximate surface area is 102 Å². The van der Waals surface area contributed by atoms with Crippen LogP contribution in [0.1, 0.15) is 24.9 Å². The molecule has 3 nitrogen and oxygen atoms in total. The molecule has 1 unspecified atom stereocenters. The molecule has 1 aliphatic rings. The molecular formula is C14H19NO2. The van der Waals surface area contributed by atoms with Gasteiger partial charge < -0.3 is 9.64 Å². The van der Waals surface area contributed by atoms with Crippen LogP contribution in [0.5, 0.6) is 0 Å². The van der Waals surface area contributed by atoms with Crippen molar-refractivity contribution < 1.29 is 9.53 Å². The van der Waals surface area contributed by atoms with Crippen LogP contribution < -0.4 is 0 Å². The van der Waals surface area contributed by atoms with Crippen LogP contribution in [-0.2, 0) is 9.53 Å². The third-order valence-electron chi connectivity index (χ3n) is 3.47.